The number of carboxylic acids is 1. The standard InChI is InChI=1S/C16H11F4NO4/c17-11-6-10(14(22)23)13(25-8-9-4-2-1-3-5-9)7-12(11)21-15(24)16(18,19)20/h1-7H,8H2,(H,21,24)(H,22,23). The molecule has 0 aromatic heterocycles. The summed E-state index contributed by atoms with van der Waals surface area (Å²) in [6.07, 6.45) is -5.22. The maximum Gasteiger partial charge on any atom is 0.471 e. The number of alkyl halides is 3. The van der Waals surface area contributed by atoms with Gasteiger partial charge in [-0.15, -0.1) is 0 Å². The molecule has 0 fully saturated rings. The van der Waals surface area contributed by atoms with Crippen LogP contribution >= 0.6 is 0 Å². The molecule has 0 heterocycles. The average Bonchev–Trinajstić information content (AvgIpc) is 2.54. The van der Waals surface area contributed by atoms with E-state index in [1.54, 1.807) is 30.3 Å². The molecule has 0 saturated carbocycles. The van der Waals surface area contributed by atoms with Gasteiger partial charge in [0.05, 0.1) is 5.69 Å². The van der Waals surface area contributed by atoms with Gasteiger partial charge < -0.3 is 15.2 Å². The van der Waals surface area contributed by atoms with Crippen LogP contribution in [0, 0.1) is 5.82 Å². The van der Waals surface area contributed by atoms with Gasteiger partial charge in [-0.05, 0) is 11.6 Å². The lowest BCUT2D eigenvalue weighted by Gasteiger charge is -2.14. The molecule has 25 heavy (non-hydrogen) atoms. The van der Waals surface area contributed by atoms with Crippen molar-refractivity contribution in [1.82, 2.24) is 0 Å². The van der Waals surface area contributed by atoms with E-state index in [0.717, 1.165) is 0 Å². The molecule has 0 unspecified atom stereocenters. The molecule has 132 valence electrons. The second-order valence-electron chi connectivity index (χ2n) is 4.86. The minimum absolute atomic E-state index is 0.0978. The fourth-order valence-corrected chi connectivity index (χ4v) is 1.86. The largest absolute Gasteiger partial charge is 0.488 e. The van der Waals surface area contributed by atoms with Crippen molar-refractivity contribution in [2.45, 2.75) is 12.8 Å². The smallest absolute Gasteiger partial charge is 0.471 e. The van der Waals surface area contributed by atoms with Gasteiger partial charge in [0.25, 0.3) is 0 Å². The highest BCUT2D eigenvalue weighted by Crippen LogP contribution is 2.29. The van der Waals surface area contributed by atoms with Gasteiger partial charge in [0, 0.05) is 6.07 Å². The number of ether oxygens (including phenoxy) is 1. The third-order valence-corrected chi connectivity index (χ3v) is 3.04. The number of carboxylic acid groups (broad SMARTS) is 1. The molecule has 2 aromatic rings. The zero-order chi connectivity index (χ0) is 18.6. The summed E-state index contributed by atoms with van der Waals surface area (Å²) in [4.78, 5) is 22.1. The van der Waals surface area contributed by atoms with Crippen molar-refractivity contribution in [3.8, 4) is 5.75 Å². The lowest BCUT2D eigenvalue weighted by atomic mass is 10.1. The Hall–Kier alpha value is -3.10. The fraction of sp³-hybridized carbons (Fsp3) is 0.125. The highest BCUT2D eigenvalue weighted by Gasteiger charge is 2.39. The van der Waals surface area contributed by atoms with Gasteiger partial charge in [-0.2, -0.15) is 13.2 Å². The number of amides is 1. The van der Waals surface area contributed by atoms with Crippen LogP contribution in [0.1, 0.15) is 15.9 Å². The molecule has 9 heteroatoms. The third kappa shape index (κ3) is 4.69. The van der Waals surface area contributed by atoms with E-state index in [1.165, 1.54) is 5.32 Å². The van der Waals surface area contributed by atoms with E-state index in [1.807, 2.05) is 0 Å². The molecule has 0 spiro atoms. The molecule has 2 aromatic carbocycles. The molecule has 0 aliphatic heterocycles. The molecule has 0 bridgehead atoms. The number of hydrogen-bond acceptors (Lipinski definition) is 3. The molecule has 1 amide bonds. The van der Waals surface area contributed by atoms with Crippen LogP contribution in [0.4, 0.5) is 23.2 Å². The van der Waals surface area contributed by atoms with Crippen molar-refractivity contribution in [3.05, 3.63) is 59.4 Å². The predicted molar refractivity (Wildman–Crippen MR) is 78.8 cm³/mol. The summed E-state index contributed by atoms with van der Waals surface area (Å²) in [5.74, 6) is -5.63. The highest BCUT2D eigenvalue weighted by atomic mass is 19.4. The fourth-order valence-electron chi connectivity index (χ4n) is 1.86. The summed E-state index contributed by atoms with van der Waals surface area (Å²) in [5, 5.41) is 10.4. The number of aromatic carboxylic acids is 1. The number of hydrogen-bond donors (Lipinski definition) is 2. The van der Waals surface area contributed by atoms with Crippen LogP contribution in [0.25, 0.3) is 0 Å². The molecule has 2 rings (SSSR count). The number of anilines is 1. The Balaban J connectivity index is 2.31. The molecule has 0 saturated heterocycles. The van der Waals surface area contributed by atoms with Crippen LogP contribution in [0.15, 0.2) is 42.5 Å². The zero-order valence-electron chi connectivity index (χ0n) is 12.4. The molecular weight excluding hydrogens is 346 g/mol. The predicted octanol–water partition coefficient (Wildman–Crippen LogP) is 3.60. The summed E-state index contributed by atoms with van der Waals surface area (Å²) in [6, 6.07) is 9.69. The average molecular weight is 357 g/mol. The number of rotatable bonds is 5. The Labute approximate surface area is 138 Å². The lowest BCUT2D eigenvalue weighted by molar-refractivity contribution is -0.167. The molecular formula is C16H11F4NO4. The van der Waals surface area contributed by atoms with Crippen LogP contribution in [0.5, 0.6) is 5.75 Å². The van der Waals surface area contributed by atoms with E-state index < -0.39 is 35.1 Å². The monoisotopic (exact) mass is 357 g/mol. The zero-order valence-corrected chi connectivity index (χ0v) is 12.4. The minimum Gasteiger partial charge on any atom is -0.488 e. The van der Waals surface area contributed by atoms with E-state index in [2.05, 4.69) is 0 Å². The van der Waals surface area contributed by atoms with Crippen molar-refractivity contribution in [1.29, 1.82) is 0 Å². The summed E-state index contributed by atoms with van der Waals surface area (Å²) in [7, 11) is 0. The van der Waals surface area contributed by atoms with Gasteiger partial charge in [-0.3, -0.25) is 4.79 Å². The number of halogens is 4. The highest BCUT2D eigenvalue weighted by molar-refractivity contribution is 5.97. The van der Waals surface area contributed by atoms with Crippen LogP contribution in [-0.4, -0.2) is 23.2 Å². The quantitative estimate of drug-likeness (QED) is 0.802. The second kappa shape index (κ2) is 7.20. The molecule has 0 radical (unpaired) electrons. The summed E-state index contributed by atoms with van der Waals surface area (Å²) in [5.41, 5.74) is -0.766. The molecule has 0 atom stereocenters. The van der Waals surface area contributed by atoms with E-state index in [0.29, 0.717) is 17.7 Å². The number of benzene rings is 2. The number of carbonyl (C=O) groups excluding carboxylic acids is 1. The number of carbonyl (C=O) groups is 2. The van der Waals surface area contributed by atoms with E-state index in [-0.39, 0.29) is 12.4 Å². The Morgan fingerprint density at radius 2 is 1.76 bits per heavy atom. The van der Waals surface area contributed by atoms with Crippen LogP contribution < -0.4 is 10.1 Å². The SMILES string of the molecule is O=C(O)c1cc(F)c(NC(=O)C(F)(F)F)cc1OCc1ccccc1. The van der Waals surface area contributed by atoms with E-state index >= 15 is 0 Å². The first-order chi connectivity index (χ1) is 11.7. The lowest BCUT2D eigenvalue weighted by Crippen LogP contribution is -2.30. The molecule has 5 nitrogen and oxygen atoms in total. The topological polar surface area (TPSA) is 75.6 Å². The van der Waals surface area contributed by atoms with Gasteiger partial charge in [0.15, 0.2) is 0 Å². The molecule has 0 aliphatic carbocycles. The van der Waals surface area contributed by atoms with Crippen molar-refractivity contribution < 1.29 is 37.0 Å². The first-order valence-corrected chi connectivity index (χ1v) is 6.80. The van der Waals surface area contributed by atoms with Crippen molar-refractivity contribution in [2.75, 3.05) is 5.32 Å². The van der Waals surface area contributed by atoms with Crippen molar-refractivity contribution in [2.24, 2.45) is 0 Å². The Bertz CT molecular complexity index is 791. The van der Waals surface area contributed by atoms with E-state index in [9.17, 15) is 27.2 Å². The molecule has 0 aliphatic rings. The summed E-state index contributed by atoms with van der Waals surface area (Å²) in [6.45, 7) is -0.0978. The van der Waals surface area contributed by atoms with Gasteiger partial charge >= 0.3 is 18.1 Å². The first kappa shape index (κ1) is 18.2. The third-order valence-electron chi connectivity index (χ3n) is 3.04. The van der Waals surface area contributed by atoms with E-state index in [4.69, 9.17) is 9.84 Å². The summed E-state index contributed by atoms with van der Waals surface area (Å²) >= 11 is 0. The van der Waals surface area contributed by atoms with Crippen molar-refractivity contribution >= 4 is 17.6 Å². The second-order valence-corrected chi connectivity index (χ2v) is 4.86. The summed E-state index contributed by atoms with van der Waals surface area (Å²) < 4.78 is 55.9. The normalized spacial score (nSPS) is 11.0. The van der Waals surface area contributed by atoms with Gasteiger partial charge in [-0.1, -0.05) is 30.3 Å². The van der Waals surface area contributed by atoms with Crippen molar-refractivity contribution in [3.63, 3.8) is 0 Å². The Morgan fingerprint density at radius 3 is 2.32 bits per heavy atom. The maximum absolute atomic E-state index is 13.8. The number of nitrogens with one attached hydrogen (secondary N) is 1. The maximum atomic E-state index is 13.8. The van der Waals surface area contributed by atoms with Crippen LogP contribution in [-0.2, 0) is 11.4 Å². The Morgan fingerprint density at radius 1 is 1.12 bits per heavy atom. The molecule has 2 N–H and O–H groups in total. The first-order valence-electron chi connectivity index (χ1n) is 6.80. The van der Waals surface area contributed by atoms with Crippen LogP contribution in [0.2, 0.25) is 0 Å². The van der Waals surface area contributed by atoms with Gasteiger partial charge in [0.1, 0.15) is 23.7 Å². The van der Waals surface area contributed by atoms with Gasteiger partial charge in [-0.25, -0.2) is 9.18 Å². The van der Waals surface area contributed by atoms with Gasteiger partial charge in [0.2, 0.25) is 0 Å². The van der Waals surface area contributed by atoms with Crippen LogP contribution in [0.3, 0.4) is 0 Å². The Kier molecular flexibility index (Phi) is 5.26. The minimum atomic E-state index is -5.22.